The number of nitrogens with one attached hydrogen (secondary N) is 1. The summed E-state index contributed by atoms with van der Waals surface area (Å²) in [7, 11) is -5.06. The zero-order valence-corrected chi connectivity index (χ0v) is 22.1. The van der Waals surface area contributed by atoms with Crippen LogP contribution in [0.25, 0.3) is 0 Å². The van der Waals surface area contributed by atoms with Crippen LogP contribution in [0.2, 0.25) is 0 Å². The molecule has 0 spiro atoms. The van der Waals surface area contributed by atoms with Gasteiger partial charge in [0, 0.05) is 0 Å². The highest BCUT2D eigenvalue weighted by Crippen LogP contribution is 2.41. The zero-order valence-electron chi connectivity index (χ0n) is 21.2. The van der Waals surface area contributed by atoms with E-state index in [0.717, 1.165) is 25.7 Å². The summed E-state index contributed by atoms with van der Waals surface area (Å²) in [5.41, 5.74) is 0. The van der Waals surface area contributed by atoms with Crippen molar-refractivity contribution in [3.8, 4) is 0 Å². The Morgan fingerprint density at radius 3 is 2.17 bits per heavy atom. The van der Waals surface area contributed by atoms with Crippen LogP contribution in [0.3, 0.4) is 0 Å². The number of unbranched alkanes of at least 4 members (excludes halogenated alkanes) is 8. The van der Waals surface area contributed by atoms with Crippen molar-refractivity contribution in [3.63, 3.8) is 0 Å². The van der Waals surface area contributed by atoms with Crippen LogP contribution in [-0.4, -0.2) is 92.7 Å². The second kappa shape index (κ2) is 19.4. The maximum atomic E-state index is 12.5. The summed E-state index contributed by atoms with van der Waals surface area (Å²) in [6, 6.07) is -1.33. The third-order valence-corrected chi connectivity index (χ3v) is 6.39. The SMILES string of the molecule is CCCCCCCCCCC[C@@H](O)CC(=O)N[C@H]1[C@H](OCCO)O[C@H](CO)[C@@H](OP(=O)(O)O)[C@@H]1O.N. The van der Waals surface area contributed by atoms with Crippen molar-refractivity contribution in [2.75, 3.05) is 19.8 Å². The van der Waals surface area contributed by atoms with Crippen LogP contribution in [-0.2, 0) is 23.4 Å². The molecule has 1 heterocycles. The minimum Gasteiger partial charge on any atom is -0.394 e. The molecule has 0 bridgehead atoms. The van der Waals surface area contributed by atoms with E-state index in [4.69, 9.17) is 24.4 Å². The highest BCUT2D eigenvalue weighted by molar-refractivity contribution is 7.46. The van der Waals surface area contributed by atoms with Crippen LogP contribution in [0.15, 0.2) is 0 Å². The summed E-state index contributed by atoms with van der Waals surface area (Å²) < 4.78 is 26.6. The van der Waals surface area contributed by atoms with Gasteiger partial charge in [-0.15, -0.1) is 0 Å². The lowest BCUT2D eigenvalue weighted by Gasteiger charge is -2.43. The van der Waals surface area contributed by atoms with Crippen molar-refractivity contribution in [2.24, 2.45) is 0 Å². The number of aliphatic hydroxyl groups excluding tert-OH is 4. The maximum absolute atomic E-state index is 12.5. The summed E-state index contributed by atoms with van der Waals surface area (Å²) in [4.78, 5) is 30.8. The van der Waals surface area contributed by atoms with Crippen molar-refractivity contribution < 1.29 is 53.6 Å². The number of phosphoric ester groups is 1. The van der Waals surface area contributed by atoms with E-state index in [1.165, 1.54) is 32.1 Å². The maximum Gasteiger partial charge on any atom is 0.470 e. The number of rotatable bonds is 19. The molecule has 10 N–H and O–H groups in total. The second-order valence-electron chi connectivity index (χ2n) is 8.94. The Morgan fingerprint density at radius 2 is 1.64 bits per heavy atom. The molecule has 13 nitrogen and oxygen atoms in total. The Kier molecular flexibility index (Phi) is 19.0. The zero-order chi connectivity index (χ0) is 26.3. The molecule has 0 aromatic rings. The number of carbonyl (C=O) groups is 1. The Labute approximate surface area is 213 Å². The predicted molar refractivity (Wildman–Crippen MR) is 131 cm³/mol. The lowest BCUT2D eigenvalue weighted by atomic mass is 9.96. The molecule has 0 aliphatic carbocycles. The smallest absolute Gasteiger partial charge is 0.394 e. The average Bonchev–Trinajstić information content (AvgIpc) is 2.79. The Hall–Kier alpha value is -0.700. The van der Waals surface area contributed by atoms with E-state index >= 15 is 0 Å². The normalized spacial score (nSPS) is 25.2. The van der Waals surface area contributed by atoms with E-state index in [1.807, 2.05) is 0 Å². The van der Waals surface area contributed by atoms with Gasteiger partial charge in [-0.05, 0) is 6.42 Å². The molecule has 1 aliphatic rings. The van der Waals surface area contributed by atoms with Crippen molar-refractivity contribution >= 4 is 13.7 Å². The van der Waals surface area contributed by atoms with Crippen molar-refractivity contribution in [1.82, 2.24) is 11.5 Å². The van der Waals surface area contributed by atoms with Gasteiger partial charge in [-0.25, -0.2) is 4.57 Å². The highest BCUT2D eigenvalue weighted by Gasteiger charge is 2.49. The monoisotopic (exact) mass is 546 g/mol. The molecule has 6 atom stereocenters. The molecule has 0 unspecified atom stereocenters. The summed E-state index contributed by atoms with van der Waals surface area (Å²) in [6.07, 6.45) is 3.41. The lowest BCUT2D eigenvalue weighted by molar-refractivity contribution is -0.268. The van der Waals surface area contributed by atoms with Gasteiger partial charge in [-0.3, -0.25) is 9.32 Å². The van der Waals surface area contributed by atoms with Gasteiger partial charge >= 0.3 is 7.82 Å². The fourth-order valence-corrected chi connectivity index (χ4v) is 4.65. The van der Waals surface area contributed by atoms with Gasteiger partial charge < -0.3 is 51.2 Å². The molecule has 0 aromatic heterocycles. The summed E-state index contributed by atoms with van der Waals surface area (Å²) in [5, 5.41) is 41.9. The molecule has 0 aromatic carbocycles. The largest absolute Gasteiger partial charge is 0.470 e. The molecule has 14 heteroatoms. The number of amides is 1. The molecule has 36 heavy (non-hydrogen) atoms. The molecule has 1 saturated heterocycles. The van der Waals surface area contributed by atoms with Crippen molar-refractivity contribution in [1.29, 1.82) is 0 Å². The number of hydrogen-bond acceptors (Lipinski definition) is 10. The fourth-order valence-electron chi connectivity index (χ4n) is 4.07. The first kappa shape index (κ1) is 35.3. The van der Waals surface area contributed by atoms with E-state index in [-0.39, 0.29) is 25.8 Å². The number of ether oxygens (including phenoxy) is 2. The van der Waals surface area contributed by atoms with Crippen molar-refractivity contribution in [3.05, 3.63) is 0 Å². The molecule has 0 saturated carbocycles. The van der Waals surface area contributed by atoms with Crippen LogP contribution in [0.1, 0.15) is 77.6 Å². The van der Waals surface area contributed by atoms with E-state index in [1.54, 1.807) is 0 Å². The summed E-state index contributed by atoms with van der Waals surface area (Å²) in [6.45, 7) is 0.830. The average molecular weight is 547 g/mol. The molecule has 1 fully saturated rings. The molecular formula is C22H47N2O11P. The predicted octanol–water partition coefficient (Wildman–Crippen LogP) is 0.870. The van der Waals surface area contributed by atoms with Crippen molar-refractivity contribution in [2.45, 2.75) is 114 Å². The third-order valence-electron chi connectivity index (χ3n) is 5.88. The van der Waals surface area contributed by atoms with E-state index < -0.39 is 57.1 Å². The lowest BCUT2D eigenvalue weighted by Crippen LogP contribution is -2.65. The second-order valence-corrected chi connectivity index (χ2v) is 10.1. The highest BCUT2D eigenvalue weighted by atomic mass is 31.2. The molecular weight excluding hydrogens is 499 g/mol. The van der Waals surface area contributed by atoms with Crippen LogP contribution in [0.5, 0.6) is 0 Å². The topological polar surface area (TPSA) is 230 Å². The fraction of sp³-hybridized carbons (Fsp3) is 0.955. The van der Waals surface area contributed by atoms with E-state index in [2.05, 4.69) is 16.8 Å². The number of phosphoric acid groups is 1. The summed E-state index contributed by atoms with van der Waals surface area (Å²) >= 11 is 0. The minimum absolute atomic E-state index is 0. The van der Waals surface area contributed by atoms with E-state index in [0.29, 0.717) is 6.42 Å². The molecule has 0 radical (unpaired) electrons. The van der Waals surface area contributed by atoms with Crippen LogP contribution in [0, 0.1) is 0 Å². The van der Waals surface area contributed by atoms with E-state index in [9.17, 15) is 24.7 Å². The first-order chi connectivity index (χ1) is 16.6. The van der Waals surface area contributed by atoms with Gasteiger partial charge in [0.25, 0.3) is 0 Å². The third kappa shape index (κ3) is 14.3. The van der Waals surface area contributed by atoms with Gasteiger partial charge in [-0.2, -0.15) is 0 Å². The van der Waals surface area contributed by atoms with Crippen LogP contribution in [0.4, 0.5) is 0 Å². The van der Waals surface area contributed by atoms with Gasteiger partial charge in [0.15, 0.2) is 6.29 Å². The molecule has 1 rings (SSSR count). The Bertz CT molecular complexity index is 625. The van der Waals surface area contributed by atoms with Crippen LogP contribution < -0.4 is 11.5 Å². The standard InChI is InChI=1S/C22H44NO11P.H3N/c1-2-3-4-5-6-7-8-9-10-11-16(26)14-18(27)23-19-20(28)21(34-35(29,30)31)17(15-25)33-22(19)32-13-12-24;/h16-17,19-22,24-26,28H,2-15H2,1H3,(H,23,27)(H2,29,30,31);1H3/t16-,17-,19-,20-,21-,22-;/m1./s1. The summed E-state index contributed by atoms with van der Waals surface area (Å²) in [5.74, 6) is -0.629. The number of aliphatic hydroxyl groups is 4. The number of hydrogen-bond donors (Lipinski definition) is 8. The molecule has 216 valence electrons. The minimum atomic E-state index is -5.06. The van der Waals surface area contributed by atoms with Gasteiger partial charge in [0.2, 0.25) is 5.91 Å². The quantitative estimate of drug-likeness (QED) is 0.0833. The first-order valence-corrected chi connectivity index (χ1v) is 14.0. The van der Waals surface area contributed by atoms with Gasteiger partial charge in [-0.1, -0.05) is 64.7 Å². The Balaban J connectivity index is 0.0000122. The first-order valence-electron chi connectivity index (χ1n) is 12.5. The van der Waals surface area contributed by atoms with Gasteiger partial charge in [0.1, 0.15) is 24.4 Å². The molecule has 1 amide bonds. The number of carbonyl (C=O) groups excluding carboxylic acids is 1. The molecule has 1 aliphatic heterocycles. The Morgan fingerprint density at radius 1 is 1.06 bits per heavy atom. The van der Waals surface area contributed by atoms with Crippen LogP contribution >= 0.6 is 7.82 Å². The van der Waals surface area contributed by atoms with Gasteiger partial charge in [0.05, 0.1) is 32.3 Å².